The number of rotatable bonds is 22. The number of benzene rings is 1. The first kappa shape index (κ1) is 26.3. The van der Waals surface area contributed by atoms with Crippen LogP contribution in [0, 0.1) is 0 Å². The normalized spacial score (nSPS) is 11.2. The summed E-state index contributed by atoms with van der Waals surface area (Å²) in [5.41, 5.74) is 1.17. The number of ether oxygens (including phenoxy) is 7. The molecule has 0 aliphatic heterocycles. The largest absolute Gasteiger partial charge is 0.378 e. The minimum absolute atomic E-state index is 0.507. The Kier molecular flexibility index (Phi) is 19.9. The van der Waals surface area contributed by atoms with Crippen LogP contribution in [0.4, 0.5) is 0 Å². The number of alkyl halides is 1. The molecular weight excluding hydrogens is 400 g/mol. The summed E-state index contributed by atoms with van der Waals surface area (Å²) in [5, 5.41) is 0. The van der Waals surface area contributed by atoms with Gasteiger partial charge in [0.2, 0.25) is 0 Å². The van der Waals surface area contributed by atoms with E-state index in [9.17, 15) is 0 Å². The third kappa shape index (κ3) is 19.0. The molecule has 0 aromatic heterocycles. The van der Waals surface area contributed by atoms with Crippen LogP contribution in [0.2, 0.25) is 0 Å². The second-order valence-corrected chi connectivity index (χ2v) is 6.28. The fourth-order valence-corrected chi connectivity index (χ4v) is 2.25. The molecule has 168 valence electrons. The summed E-state index contributed by atoms with van der Waals surface area (Å²) in [5.74, 6) is 0.507. The molecule has 1 aromatic rings. The van der Waals surface area contributed by atoms with Crippen molar-refractivity contribution in [2.45, 2.75) is 6.61 Å². The van der Waals surface area contributed by atoms with Gasteiger partial charge in [-0.3, -0.25) is 0 Å². The lowest BCUT2D eigenvalue weighted by Gasteiger charge is -2.08. The number of hydrogen-bond acceptors (Lipinski definition) is 7. The average Bonchev–Trinajstić information content (AvgIpc) is 2.75. The van der Waals surface area contributed by atoms with Crippen molar-refractivity contribution >= 4 is 11.6 Å². The van der Waals surface area contributed by atoms with E-state index in [0.29, 0.717) is 98.4 Å². The molecule has 0 aliphatic carbocycles. The summed E-state index contributed by atoms with van der Waals surface area (Å²) >= 11 is 5.49. The molecule has 0 aliphatic rings. The Hall–Kier alpha value is -0.770. The molecule has 0 fully saturated rings. The molecule has 0 radical (unpaired) electrons. The third-order valence-corrected chi connectivity index (χ3v) is 3.72. The topological polar surface area (TPSA) is 64.6 Å². The minimum Gasteiger partial charge on any atom is -0.378 e. The van der Waals surface area contributed by atoms with Gasteiger partial charge >= 0.3 is 0 Å². The van der Waals surface area contributed by atoms with Gasteiger partial charge in [0.15, 0.2) is 0 Å². The van der Waals surface area contributed by atoms with E-state index in [0.717, 1.165) is 0 Å². The number of halogens is 1. The molecule has 8 heteroatoms. The summed E-state index contributed by atoms with van der Waals surface area (Å²) in [6, 6.07) is 10.1. The molecule has 0 saturated heterocycles. The van der Waals surface area contributed by atoms with Crippen LogP contribution in [0.5, 0.6) is 0 Å². The fourth-order valence-electron chi connectivity index (χ4n) is 2.14. The highest BCUT2D eigenvalue weighted by atomic mass is 35.5. The molecular formula is C21H35ClO7. The molecule has 0 bridgehead atoms. The summed E-state index contributed by atoms with van der Waals surface area (Å²) in [7, 11) is 0. The highest BCUT2D eigenvalue weighted by Gasteiger charge is 1.95. The molecule has 0 saturated carbocycles. The maximum Gasteiger partial charge on any atom is 0.0718 e. The van der Waals surface area contributed by atoms with Crippen LogP contribution in [0.15, 0.2) is 30.3 Å². The van der Waals surface area contributed by atoms with E-state index in [1.807, 2.05) is 30.3 Å². The Labute approximate surface area is 179 Å². The second kappa shape index (κ2) is 21.9. The summed E-state index contributed by atoms with van der Waals surface area (Å²) in [6.45, 7) is 7.76. The minimum atomic E-state index is 0.507. The van der Waals surface area contributed by atoms with Crippen LogP contribution < -0.4 is 0 Å². The van der Waals surface area contributed by atoms with E-state index < -0.39 is 0 Å². The van der Waals surface area contributed by atoms with Crippen molar-refractivity contribution in [2.24, 2.45) is 0 Å². The van der Waals surface area contributed by atoms with Gasteiger partial charge in [-0.2, -0.15) is 0 Å². The molecule has 0 amide bonds. The van der Waals surface area contributed by atoms with E-state index in [2.05, 4.69) is 0 Å². The van der Waals surface area contributed by atoms with Crippen LogP contribution in [0.25, 0.3) is 0 Å². The SMILES string of the molecule is ClCCOCCOCCOCCOCCOCCOCCOCc1ccccc1. The molecule has 0 N–H and O–H groups in total. The Morgan fingerprint density at radius 2 is 0.793 bits per heavy atom. The lowest BCUT2D eigenvalue weighted by Crippen LogP contribution is -2.14. The van der Waals surface area contributed by atoms with Crippen LogP contribution in [-0.2, 0) is 39.8 Å². The summed E-state index contributed by atoms with van der Waals surface area (Å²) in [4.78, 5) is 0. The van der Waals surface area contributed by atoms with E-state index in [1.54, 1.807) is 0 Å². The molecule has 1 aromatic carbocycles. The van der Waals surface area contributed by atoms with Crippen molar-refractivity contribution in [1.29, 1.82) is 0 Å². The van der Waals surface area contributed by atoms with Crippen molar-refractivity contribution in [3.63, 3.8) is 0 Å². The van der Waals surface area contributed by atoms with Crippen molar-refractivity contribution in [2.75, 3.05) is 91.8 Å². The van der Waals surface area contributed by atoms with Gasteiger partial charge in [0.05, 0.1) is 92.5 Å². The Bertz CT molecular complexity index is 436. The first-order valence-corrected chi connectivity index (χ1v) is 10.6. The van der Waals surface area contributed by atoms with Crippen molar-refractivity contribution in [3.8, 4) is 0 Å². The standard InChI is InChI=1S/C21H35ClO7/c22-6-7-23-8-9-24-10-11-25-12-13-26-14-15-27-16-17-28-18-19-29-20-21-4-2-1-3-5-21/h1-5H,6-20H2. The van der Waals surface area contributed by atoms with E-state index in [1.165, 1.54) is 5.56 Å². The maximum atomic E-state index is 5.54. The number of hydrogen-bond donors (Lipinski definition) is 0. The first-order chi connectivity index (χ1) is 14.4. The van der Waals surface area contributed by atoms with Gasteiger partial charge in [0.25, 0.3) is 0 Å². The van der Waals surface area contributed by atoms with Crippen LogP contribution in [-0.4, -0.2) is 91.8 Å². The van der Waals surface area contributed by atoms with Gasteiger partial charge in [0, 0.05) is 5.88 Å². The third-order valence-electron chi connectivity index (χ3n) is 3.57. The van der Waals surface area contributed by atoms with Gasteiger partial charge in [-0.15, -0.1) is 11.6 Å². The average molecular weight is 435 g/mol. The molecule has 0 atom stereocenters. The molecule has 7 nitrogen and oxygen atoms in total. The first-order valence-electron chi connectivity index (χ1n) is 10.1. The summed E-state index contributed by atoms with van der Waals surface area (Å²) in [6.07, 6.45) is 0. The predicted molar refractivity (Wildman–Crippen MR) is 112 cm³/mol. The van der Waals surface area contributed by atoms with Gasteiger partial charge < -0.3 is 33.2 Å². The molecule has 0 heterocycles. The Morgan fingerprint density at radius 3 is 1.17 bits per heavy atom. The monoisotopic (exact) mass is 434 g/mol. The van der Waals surface area contributed by atoms with E-state index >= 15 is 0 Å². The fraction of sp³-hybridized carbons (Fsp3) is 0.714. The summed E-state index contributed by atoms with van der Waals surface area (Å²) < 4.78 is 37.8. The Morgan fingerprint density at radius 1 is 0.448 bits per heavy atom. The lowest BCUT2D eigenvalue weighted by atomic mass is 10.2. The zero-order chi connectivity index (χ0) is 20.7. The second-order valence-electron chi connectivity index (χ2n) is 5.90. The molecule has 1 rings (SSSR count). The van der Waals surface area contributed by atoms with Gasteiger partial charge in [-0.25, -0.2) is 0 Å². The van der Waals surface area contributed by atoms with Gasteiger partial charge in [-0.05, 0) is 5.56 Å². The van der Waals surface area contributed by atoms with Gasteiger partial charge in [-0.1, -0.05) is 30.3 Å². The van der Waals surface area contributed by atoms with Crippen LogP contribution >= 0.6 is 11.6 Å². The van der Waals surface area contributed by atoms with Crippen LogP contribution in [0.3, 0.4) is 0 Å². The molecule has 0 spiro atoms. The predicted octanol–water partition coefficient (Wildman–Crippen LogP) is 2.54. The van der Waals surface area contributed by atoms with E-state index in [-0.39, 0.29) is 0 Å². The highest BCUT2D eigenvalue weighted by molar-refractivity contribution is 6.17. The molecule has 29 heavy (non-hydrogen) atoms. The lowest BCUT2D eigenvalue weighted by molar-refractivity contribution is -0.0207. The smallest absolute Gasteiger partial charge is 0.0718 e. The highest BCUT2D eigenvalue weighted by Crippen LogP contribution is 1.99. The zero-order valence-corrected chi connectivity index (χ0v) is 18.0. The quantitative estimate of drug-likeness (QED) is 0.205. The van der Waals surface area contributed by atoms with Crippen molar-refractivity contribution < 1.29 is 33.2 Å². The van der Waals surface area contributed by atoms with Crippen LogP contribution in [0.1, 0.15) is 5.56 Å². The van der Waals surface area contributed by atoms with Gasteiger partial charge in [0.1, 0.15) is 0 Å². The van der Waals surface area contributed by atoms with Crippen molar-refractivity contribution in [3.05, 3.63) is 35.9 Å². The Balaban J connectivity index is 1.66. The zero-order valence-electron chi connectivity index (χ0n) is 17.2. The van der Waals surface area contributed by atoms with E-state index in [4.69, 9.17) is 44.8 Å². The maximum absolute atomic E-state index is 5.54. The van der Waals surface area contributed by atoms with Crippen molar-refractivity contribution in [1.82, 2.24) is 0 Å². The molecule has 0 unspecified atom stereocenters.